The van der Waals surface area contributed by atoms with Crippen LogP contribution in [0, 0.1) is 0 Å². The predicted molar refractivity (Wildman–Crippen MR) is 105 cm³/mol. The predicted octanol–water partition coefficient (Wildman–Crippen LogP) is 2.74. The summed E-state index contributed by atoms with van der Waals surface area (Å²) in [7, 11) is 1.28. The third-order valence-corrected chi connectivity index (χ3v) is 4.53. The zero-order chi connectivity index (χ0) is 21.0. The molecule has 0 radical (unpaired) electrons. The molecule has 2 aromatic heterocycles. The van der Waals surface area contributed by atoms with E-state index in [0.29, 0.717) is 0 Å². The topological polar surface area (TPSA) is 105 Å². The first kappa shape index (κ1) is 21.0. The molecule has 1 aliphatic rings. The molecule has 0 bridgehead atoms. The van der Waals surface area contributed by atoms with Gasteiger partial charge in [-0.1, -0.05) is 0 Å². The fourth-order valence-corrected chi connectivity index (χ4v) is 3.25. The van der Waals surface area contributed by atoms with Gasteiger partial charge in [-0.3, -0.25) is 0 Å². The molecular formula is C20H28N4O5. The SMILES string of the molecule is COC(=O)C(Cc1cnc2c(cnn2C2CCCCO2)c1)NC(=O)OC(C)(C)C. The van der Waals surface area contributed by atoms with Gasteiger partial charge in [0.15, 0.2) is 11.9 Å². The first-order valence-electron chi connectivity index (χ1n) is 9.78. The van der Waals surface area contributed by atoms with E-state index >= 15 is 0 Å². The highest BCUT2D eigenvalue weighted by Gasteiger charge is 2.26. The average Bonchev–Trinajstić information content (AvgIpc) is 3.09. The van der Waals surface area contributed by atoms with Gasteiger partial charge in [-0.05, 0) is 51.7 Å². The van der Waals surface area contributed by atoms with E-state index in [9.17, 15) is 9.59 Å². The second kappa shape index (κ2) is 8.77. The lowest BCUT2D eigenvalue weighted by molar-refractivity contribution is -0.143. The van der Waals surface area contributed by atoms with E-state index in [-0.39, 0.29) is 12.6 Å². The summed E-state index contributed by atoms with van der Waals surface area (Å²) in [6, 6.07) is 1.02. The molecule has 0 aromatic carbocycles. The number of ether oxygens (including phenoxy) is 3. The van der Waals surface area contributed by atoms with Gasteiger partial charge in [-0.2, -0.15) is 5.10 Å². The number of nitrogens with one attached hydrogen (secondary N) is 1. The summed E-state index contributed by atoms with van der Waals surface area (Å²) in [5.74, 6) is -0.553. The minimum Gasteiger partial charge on any atom is -0.467 e. The van der Waals surface area contributed by atoms with Gasteiger partial charge in [0.2, 0.25) is 0 Å². The van der Waals surface area contributed by atoms with Gasteiger partial charge in [0.05, 0.1) is 13.3 Å². The van der Waals surface area contributed by atoms with E-state index in [2.05, 4.69) is 15.4 Å². The van der Waals surface area contributed by atoms with Crippen molar-refractivity contribution < 1.29 is 23.8 Å². The van der Waals surface area contributed by atoms with Crippen molar-refractivity contribution in [1.29, 1.82) is 0 Å². The molecule has 2 aromatic rings. The molecule has 0 aliphatic carbocycles. The van der Waals surface area contributed by atoms with Crippen LogP contribution < -0.4 is 5.32 Å². The fourth-order valence-electron chi connectivity index (χ4n) is 3.25. The number of carbonyl (C=O) groups is 2. The second-order valence-electron chi connectivity index (χ2n) is 8.09. The molecule has 0 spiro atoms. The van der Waals surface area contributed by atoms with E-state index in [1.807, 2.05) is 6.07 Å². The Morgan fingerprint density at radius 1 is 1.34 bits per heavy atom. The maximum Gasteiger partial charge on any atom is 0.408 e. The van der Waals surface area contributed by atoms with E-state index in [1.165, 1.54) is 7.11 Å². The Morgan fingerprint density at radius 2 is 2.14 bits per heavy atom. The van der Waals surface area contributed by atoms with Crippen molar-refractivity contribution in [3.05, 3.63) is 24.0 Å². The molecule has 1 N–H and O–H groups in total. The number of methoxy groups -OCH3 is 1. The number of fused-ring (bicyclic) bond motifs is 1. The third kappa shape index (κ3) is 5.44. The Kier molecular flexibility index (Phi) is 6.36. The van der Waals surface area contributed by atoms with Crippen molar-refractivity contribution in [2.24, 2.45) is 0 Å². The van der Waals surface area contributed by atoms with Crippen molar-refractivity contribution in [3.63, 3.8) is 0 Å². The van der Waals surface area contributed by atoms with Gasteiger partial charge in [0.1, 0.15) is 11.6 Å². The van der Waals surface area contributed by atoms with Crippen LogP contribution in [-0.4, -0.2) is 52.2 Å². The monoisotopic (exact) mass is 404 g/mol. The molecule has 2 atom stereocenters. The first-order chi connectivity index (χ1) is 13.8. The molecule has 158 valence electrons. The zero-order valence-corrected chi connectivity index (χ0v) is 17.3. The number of pyridine rings is 1. The summed E-state index contributed by atoms with van der Waals surface area (Å²) in [5.41, 5.74) is 0.838. The number of aromatic nitrogens is 3. The number of esters is 1. The fraction of sp³-hybridized carbons (Fsp3) is 0.600. The van der Waals surface area contributed by atoms with Crippen molar-refractivity contribution >= 4 is 23.1 Å². The number of nitrogens with zero attached hydrogens (tertiary/aromatic N) is 3. The van der Waals surface area contributed by atoms with E-state index < -0.39 is 23.7 Å². The summed E-state index contributed by atoms with van der Waals surface area (Å²) < 4.78 is 17.7. The van der Waals surface area contributed by atoms with Crippen LogP contribution >= 0.6 is 0 Å². The molecule has 1 saturated heterocycles. The Morgan fingerprint density at radius 3 is 2.79 bits per heavy atom. The van der Waals surface area contributed by atoms with Gasteiger partial charge >= 0.3 is 12.1 Å². The molecule has 9 heteroatoms. The maximum absolute atomic E-state index is 12.1. The van der Waals surface area contributed by atoms with Crippen LogP contribution in [0.2, 0.25) is 0 Å². The smallest absolute Gasteiger partial charge is 0.408 e. The molecule has 1 aliphatic heterocycles. The minimum atomic E-state index is -0.883. The Bertz CT molecular complexity index is 867. The van der Waals surface area contributed by atoms with Gasteiger partial charge < -0.3 is 19.5 Å². The van der Waals surface area contributed by atoms with E-state index in [1.54, 1.807) is 37.8 Å². The zero-order valence-electron chi connectivity index (χ0n) is 17.3. The van der Waals surface area contributed by atoms with Crippen LogP contribution in [0.1, 0.15) is 51.8 Å². The summed E-state index contributed by atoms with van der Waals surface area (Å²) in [6.45, 7) is 5.99. The van der Waals surface area contributed by atoms with Crippen LogP contribution in [0.4, 0.5) is 4.79 Å². The summed E-state index contributed by atoms with van der Waals surface area (Å²) in [6.07, 6.45) is 5.92. The molecule has 1 amide bonds. The highest BCUT2D eigenvalue weighted by Crippen LogP contribution is 2.25. The van der Waals surface area contributed by atoms with Crippen LogP contribution in [0.3, 0.4) is 0 Å². The van der Waals surface area contributed by atoms with Crippen LogP contribution in [0.25, 0.3) is 11.0 Å². The molecule has 3 heterocycles. The molecule has 2 unspecified atom stereocenters. The normalized spacial score (nSPS) is 18.3. The quantitative estimate of drug-likeness (QED) is 0.764. The second-order valence-corrected chi connectivity index (χ2v) is 8.09. The number of hydrogen-bond acceptors (Lipinski definition) is 7. The molecule has 3 rings (SSSR count). The lowest BCUT2D eigenvalue weighted by Gasteiger charge is -2.23. The number of carbonyl (C=O) groups excluding carboxylic acids is 2. The minimum absolute atomic E-state index is 0.101. The first-order valence-corrected chi connectivity index (χ1v) is 9.78. The maximum atomic E-state index is 12.1. The highest BCUT2D eigenvalue weighted by atomic mass is 16.6. The van der Waals surface area contributed by atoms with Crippen LogP contribution in [0.5, 0.6) is 0 Å². The lowest BCUT2D eigenvalue weighted by atomic mass is 10.1. The highest BCUT2D eigenvalue weighted by molar-refractivity contribution is 5.82. The van der Waals surface area contributed by atoms with Crippen LogP contribution in [0.15, 0.2) is 18.5 Å². The van der Waals surface area contributed by atoms with E-state index in [4.69, 9.17) is 14.2 Å². The summed E-state index contributed by atoms with van der Waals surface area (Å²) in [5, 5.41) is 7.85. The largest absolute Gasteiger partial charge is 0.467 e. The van der Waals surface area contributed by atoms with Crippen molar-refractivity contribution in [2.75, 3.05) is 13.7 Å². The van der Waals surface area contributed by atoms with E-state index in [0.717, 1.165) is 42.5 Å². The van der Waals surface area contributed by atoms with Gasteiger partial charge in [0.25, 0.3) is 0 Å². The summed E-state index contributed by atoms with van der Waals surface area (Å²) in [4.78, 5) is 28.7. The molecular weight excluding hydrogens is 376 g/mol. The summed E-state index contributed by atoms with van der Waals surface area (Å²) >= 11 is 0. The molecule has 1 fully saturated rings. The van der Waals surface area contributed by atoms with Crippen LogP contribution in [-0.2, 0) is 25.4 Å². The van der Waals surface area contributed by atoms with Crippen molar-refractivity contribution in [2.45, 2.75) is 64.3 Å². The number of alkyl carbamates (subject to hydrolysis) is 1. The average molecular weight is 404 g/mol. The number of hydrogen-bond donors (Lipinski definition) is 1. The lowest BCUT2D eigenvalue weighted by Crippen LogP contribution is -2.45. The third-order valence-electron chi connectivity index (χ3n) is 4.53. The number of amides is 1. The van der Waals surface area contributed by atoms with Crippen molar-refractivity contribution in [3.8, 4) is 0 Å². The van der Waals surface area contributed by atoms with Gasteiger partial charge in [-0.15, -0.1) is 0 Å². The van der Waals surface area contributed by atoms with Crippen molar-refractivity contribution in [1.82, 2.24) is 20.1 Å². The van der Waals surface area contributed by atoms with Gasteiger partial charge in [-0.25, -0.2) is 19.3 Å². The Balaban J connectivity index is 1.75. The molecule has 9 nitrogen and oxygen atoms in total. The standard InChI is InChI=1S/C20H28N4O5/c1-20(2,3)29-19(26)23-15(18(25)27-4)10-13-9-14-12-22-24(17(14)21-11-13)16-7-5-6-8-28-16/h9,11-12,15-16H,5-8,10H2,1-4H3,(H,23,26). The molecule has 29 heavy (non-hydrogen) atoms. The molecule has 0 saturated carbocycles. The number of rotatable bonds is 5. The Hall–Kier alpha value is -2.68. The van der Waals surface area contributed by atoms with Gasteiger partial charge in [0, 0.05) is 24.6 Å². The Labute approximate surface area is 169 Å².